The lowest BCUT2D eigenvalue weighted by atomic mass is 9.87. The first kappa shape index (κ1) is 18.9. The van der Waals surface area contributed by atoms with Gasteiger partial charge in [0.1, 0.15) is 11.3 Å². The smallest absolute Gasteiger partial charge is 0.325 e. The van der Waals surface area contributed by atoms with Crippen LogP contribution in [0.4, 0.5) is 10.6 Å². The van der Waals surface area contributed by atoms with Gasteiger partial charge in [-0.05, 0) is 31.0 Å². The molecular weight excluding hydrogens is 372 g/mol. The Hall–Kier alpha value is -2.87. The Labute approximate surface area is 160 Å². The van der Waals surface area contributed by atoms with Crippen LogP contribution in [-0.4, -0.2) is 34.4 Å². The van der Waals surface area contributed by atoms with Gasteiger partial charge in [0.15, 0.2) is 5.82 Å². The fourth-order valence-corrected chi connectivity index (χ4v) is 3.17. The van der Waals surface area contributed by atoms with Gasteiger partial charge in [-0.1, -0.05) is 35.8 Å². The first-order valence-electron chi connectivity index (χ1n) is 8.49. The largest absolute Gasteiger partial charge is 0.360 e. The zero-order chi connectivity index (χ0) is 19.6. The van der Waals surface area contributed by atoms with E-state index < -0.39 is 11.6 Å². The summed E-state index contributed by atoms with van der Waals surface area (Å²) in [5.41, 5.74) is -0.501. The van der Waals surface area contributed by atoms with Gasteiger partial charge in [-0.25, -0.2) is 4.79 Å². The van der Waals surface area contributed by atoms with E-state index in [1.165, 1.54) is 0 Å². The highest BCUT2D eigenvalue weighted by molar-refractivity contribution is 6.30. The first-order chi connectivity index (χ1) is 12.9. The van der Waals surface area contributed by atoms with Crippen LogP contribution < -0.4 is 10.6 Å². The quantitative estimate of drug-likeness (QED) is 0.738. The fraction of sp³-hybridized carbons (Fsp3) is 0.333. The van der Waals surface area contributed by atoms with E-state index in [1.807, 2.05) is 6.92 Å². The Morgan fingerprint density at radius 3 is 2.63 bits per heavy atom. The minimum Gasteiger partial charge on any atom is -0.360 e. The minimum atomic E-state index is -1.15. The molecule has 0 radical (unpaired) electrons. The highest BCUT2D eigenvalue weighted by Gasteiger charge is 2.51. The van der Waals surface area contributed by atoms with E-state index in [2.05, 4.69) is 15.8 Å². The SMILES string of the molecule is CCC1(c2ccc(Cl)cc2)NC(=O)N(CCC(=O)Nc2cc(C)on2)C1=O. The molecule has 1 unspecified atom stereocenters. The third-order valence-corrected chi connectivity index (χ3v) is 4.75. The summed E-state index contributed by atoms with van der Waals surface area (Å²) >= 11 is 5.91. The number of hydrogen-bond acceptors (Lipinski definition) is 5. The summed E-state index contributed by atoms with van der Waals surface area (Å²) in [5, 5.41) is 9.54. The number of carbonyl (C=O) groups excluding carboxylic acids is 3. The lowest BCUT2D eigenvalue weighted by molar-refractivity contribution is -0.132. The predicted molar refractivity (Wildman–Crippen MR) is 98.2 cm³/mol. The van der Waals surface area contributed by atoms with Crippen molar-refractivity contribution in [1.29, 1.82) is 0 Å². The number of aromatic nitrogens is 1. The third-order valence-electron chi connectivity index (χ3n) is 4.50. The van der Waals surface area contributed by atoms with Crippen LogP contribution in [0.15, 0.2) is 34.9 Å². The van der Waals surface area contributed by atoms with E-state index in [1.54, 1.807) is 37.3 Å². The molecule has 1 aliphatic rings. The average Bonchev–Trinajstić information content (AvgIpc) is 3.15. The Morgan fingerprint density at radius 2 is 2.04 bits per heavy atom. The van der Waals surface area contributed by atoms with Crippen LogP contribution in [0.25, 0.3) is 0 Å². The first-order valence-corrected chi connectivity index (χ1v) is 8.87. The molecule has 0 bridgehead atoms. The highest BCUT2D eigenvalue weighted by Crippen LogP contribution is 2.33. The Bertz CT molecular complexity index is 880. The summed E-state index contributed by atoms with van der Waals surface area (Å²) in [5.74, 6) is 0.0978. The van der Waals surface area contributed by atoms with Gasteiger partial charge < -0.3 is 15.2 Å². The number of hydrogen-bond donors (Lipinski definition) is 2. The molecule has 27 heavy (non-hydrogen) atoms. The number of rotatable bonds is 6. The van der Waals surface area contributed by atoms with Crippen LogP contribution in [0.5, 0.6) is 0 Å². The molecule has 2 N–H and O–H groups in total. The van der Waals surface area contributed by atoms with E-state index in [0.29, 0.717) is 28.6 Å². The molecule has 1 aromatic carbocycles. The molecule has 1 atom stereocenters. The van der Waals surface area contributed by atoms with Gasteiger partial charge in [-0.3, -0.25) is 14.5 Å². The lowest BCUT2D eigenvalue weighted by Gasteiger charge is -2.25. The molecule has 1 aromatic heterocycles. The van der Waals surface area contributed by atoms with Gasteiger partial charge in [0.05, 0.1) is 0 Å². The van der Waals surface area contributed by atoms with Gasteiger partial charge >= 0.3 is 6.03 Å². The zero-order valence-electron chi connectivity index (χ0n) is 14.9. The Morgan fingerprint density at radius 1 is 1.33 bits per heavy atom. The van der Waals surface area contributed by atoms with Crippen LogP contribution in [0.1, 0.15) is 31.1 Å². The number of nitrogens with one attached hydrogen (secondary N) is 2. The van der Waals surface area contributed by atoms with Crippen molar-refractivity contribution < 1.29 is 18.9 Å². The second kappa shape index (κ2) is 7.40. The van der Waals surface area contributed by atoms with Gasteiger partial charge in [0.25, 0.3) is 5.91 Å². The molecule has 0 aliphatic carbocycles. The van der Waals surface area contributed by atoms with Crippen LogP contribution in [0.2, 0.25) is 5.02 Å². The number of amides is 4. The van der Waals surface area contributed by atoms with E-state index in [4.69, 9.17) is 16.1 Å². The van der Waals surface area contributed by atoms with Crippen molar-refractivity contribution >= 4 is 35.3 Å². The van der Waals surface area contributed by atoms with Crippen LogP contribution in [0.3, 0.4) is 0 Å². The normalized spacial score (nSPS) is 19.3. The molecule has 142 valence electrons. The van der Waals surface area contributed by atoms with Crippen molar-refractivity contribution in [3.05, 3.63) is 46.7 Å². The molecule has 1 fully saturated rings. The number of benzene rings is 1. The Kier molecular flexibility index (Phi) is 5.18. The van der Waals surface area contributed by atoms with E-state index >= 15 is 0 Å². The second-order valence-corrected chi connectivity index (χ2v) is 6.71. The van der Waals surface area contributed by atoms with Gasteiger partial charge in [0, 0.05) is 24.1 Å². The lowest BCUT2D eigenvalue weighted by Crippen LogP contribution is -2.43. The molecular formula is C18H19ClN4O4. The molecule has 1 saturated heterocycles. The maximum absolute atomic E-state index is 13.0. The van der Waals surface area contributed by atoms with E-state index in [0.717, 1.165) is 4.90 Å². The van der Waals surface area contributed by atoms with Gasteiger partial charge in [0.2, 0.25) is 5.91 Å². The topological polar surface area (TPSA) is 105 Å². The molecule has 8 nitrogen and oxygen atoms in total. The number of aryl methyl sites for hydroxylation is 1. The third kappa shape index (κ3) is 3.66. The van der Waals surface area contributed by atoms with Gasteiger partial charge in [-0.15, -0.1) is 0 Å². The van der Waals surface area contributed by atoms with Crippen molar-refractivity contribution in [2.45, 2.75) is 32.2 Å². The molecule has 2 aromatic rings. The van der Waals surface area contributed by atoms with Crippen molar-refractivity contribution in [2.24, 2.45) is 0 Å². The van der Waals surface area contributed by atoms with E-state index in [-0.39, 0.29) is 24.8 Å². The number of carbonyl (C=O) groups is 3. The van der Waals surface area contributed by atoms with Crippen molar-refractivity contribution in [3.8, 4) is 0 Å². The summed E-state index contributed by atoms with van der Waals surface area (Å²) < 4.78 is 4.87. The number of anilines is 1. The van der Waals surface area contributed by atoms with Crippen molar-refractivity contribution in [3.63, 3.8) is 0 Å². The number of imide groups is 1. The second-order valence-electron chi connectivity index (χ2n) is 6.27. The van der Waals surface area contributed by atoms with Crippen LogP contribution in [-0.2, 0) is 15.1 Å². The fourth-order valence-electron chi connectivity index (χ4n) is 3.05. The molecule has 4 amide bonds. The van der Waals surface area contributed by atoms with Crippen molar-refractivity contribution in [2.75, 3.05) is 11.9 Å². The van der Waals surface area contributed by atoms with Crippen LogP contribution >= 0.6 is 11.6 Å². The molecule has 1 aliphatic heterocycles. The summed E-state index contributed by atoms with van der Waals surface area (Å²) in [6, 6.07) is 7.82. The average molecular weight is 391 g/mol. The standard InChI is InChI=1S/C18H19ClN4O4/c1-3-18(12-4-6-13(19)7-5-12)16(25)23(17(26)21-18)9-8-15(24)20-14-10-11(2)27-22-14/h4-7,10H,3,8-9H2,1-2H3,(H,21,26)(H,20,22,24). The summed E-state index contributed by atoms with van der Waals surface area (Å²) in [6.07, 6.45) is 0.325. The molecule has 0 saturated carbocycles. The Balaban J connectivity index is 1.69. The maximum atomic E-state index is 13.0. The summed E-state index contributed by atoms with van der Waals surface area (Å²) in [6.45, 7) is 3.48. The van der Waals surface area contributed by atoms with Crippen molar-refractivity contribution in [1.82, 2.24) is 15.4 Å². The number of halogens is 1. The highest BCUT2D eigenvalue weighted by atomic mass is 35.5. The molecule has 0 spiro atoms. The minimum absolute atomic E-state index is 0.0390. The summed E-state index contributed by atoms with van der Waals surface area (Å²) in [4.78, 5) is 38.5. The molecule has 2 heterocycles. The maximum Gasteiger partial charge on any atom is 0.325 e. The predicted octanol–water partition coefficient (Wildman–Crippen LogP) is 2.82. The van der Waals surface area contributed by atoms with Crippen LogP contribution in [0, 0.1) is 6.92 Å². The zero-order valence-corrected chi connectivity index (χ0v) is 15.7. The molecule has 3 rings (SSSR count). The van der Waals surface area contributed by atoms with E-state index in [9.17, 15) is 14.4 Å². The number of urea groups is 1. The monoisotopic (exact) mass is 390 g/mol. The molecule has 9 heteroatoms. The van der Waals surface area contributed by atoms with Gasteiger partial charge in [-0.2, -0.15) is 0 Å². The summed E-state index contributed by atoms with van der Waals surface area (Å²) in [7, 11) is 0. The number of nitrogens with zero attached hydrogens (tertiary/aromatic N) is 2.